The first-order valence-corrected chi connectivity index (χ1v) is 7.60. The lowest BCUT2D eigenvalue weighted by molar-refractivity contribution is 0.272. The standard InChI is InChI=1S/C19H25NO/c1-5-16-8-10-17(11-9-16)21-13-19(20-4)18-12-14(2)6-7-15(18)3/h6-12,19-20H,5,13H2,1-4H3. The Bertz CT molecular complexity index is 575. The van der Waals surface area contributed by atoms with E-state index >= 15 is 0 Å². The van der Waals surface area contributed by atoms with Crippen molar-refractivity contribution in [2.24, 2.45) is 0 Å². The minimum absolute atomic E-state index is 0.204. The summed E-state index contributed by atoms with van der Waals surface area (Å²) in [6.07, 6.45) is 1.06. The zero-order valence-corrected chi connectivity index (χ0v) is 13.4. The second-order valence-electron chi connectivity index (χ2n) is 5.51. The van der Waals surface area contributed by atoms with E-state index in [1.54, 1.807) is 0 Å². The predicted molar refractivity (Wildman–Crippen MR) is 89.0 cm³/mol. The molecule has 112 valence electrons. The number of aryl methyl sites for hydroxylation is 3. The SMILES string of the molecule is CCc1ccc(OCC(NC)c2cc(C)ccc2C)cc1. The third kappa shape index (κ3) is 4.08. The number of hydrogen-bond donors (Lipinski definition) is 1. The van der Waals surface area contributed by atoms with E-state index in [4.69, 9.17) is 4.74 Å². The third-order valence-electron chi connectivity index (χ3n) is 3.91. The normalized spacial score (nSPS) is 12.2. The van der Waals surface area contributed by atoms with Gasteiger partial charge < -0.3 is 10.1 Å². The number of likely N-dealkylation sites (N-methyl/N-ethyl adjacent to an activating group) is 1. The Labute approximate surface area is 128 Å². The molecule has 2 rings (SSSR count). The highest BCUT2D eigenvalue weighted by Crippen LogP contribution is 2.21. The Morgan fingerprint density at radius 3 is 2.38 bits per heavy atom. The number of hydrogen-bond acceptors (Lipinski definition) is 2. The van der Waals surface area contributed by atoms with Crippen LogP contribution in [-0.2, 0) is 6.42 Å². The molecule has 2 nitrogen and oxygen atoms in total. The molecule has 0 aromatic heterocycles. The maximum Gasteiger partial charge on any atom is 0.119 e. The molecule has 0 radical (unpaired) electrons. The van der Waals surface area contributed by atoms with E-state index in [2.05, 4.69) is 68.6 Å². The highest BCUT2D eigenvalue weighted by atomic mass is 16.5. The summed E-state index contributed by atoms with van der Waals surface area (Å²) in [6.45, 7) is 7.06. The van der Waals surface area contributed by atoms with E-state index in [0.717, 1.165) is 12.2 Å². The molecule has 1 N–H and O–H groups in total. The molecule has 2 aromatic rings. The van der Waals surface area contributed by atoms with Crippen LogP contribution in [0.1, 0.15) is 35.2 Å². The van der Waals surface area contributed by atoms with Crippen molar-refractivity contribution in [2.45, 2.75) is 33.2 Å². The fourth-order valence-electron chi connectivity index (χ4n) is 2.46. The van der Waals surface area contributed by atoms with Gasteiger partial charge in [-0.05, 0) is 56.1 Å². The van der Waals surface area contributed by atoms with Crippen LogP contribution < -0.4 is 10.1 Å². The van der Waals surface area contributed by atoms with Crippen molar-refractivity contribution in [3.8, 4) is 5.75 Å². The van der Waals surface area contributed by atoms with Crippen LogP contribution in [0.4, 0.5) is 0 Å². The largest absolute Gasteiger partial charge is 0.492 e. The average molecular weight is 283 g/mol. The van der Waals surface area contributed by atoms with Crippen LogP contribution in [0.2, 0.25) is 0 Å². The molecule has 0 heterocycles. The Kier molecular flexibility index (Phi) is 5.40. The van der Waals surface area contributed by atoms with Gasteiger partial charge in [0.2, 0.25) is 0 Å². The lowest BCUT2D eigenvalue weighted by Gasteiger charge is -2.20. The summed E-state index contributed by atoms with van der Waals surface area (Å²) >= 11 is 0. The fraction of sp³-hybridized carbons (Fsp3) is 0.368. The van der Waals surface area contributed by atoms with Gasteiger partial charge >= 0.3 is 0 Å². The lowest BCUT2D eigenvalue weighted by atomic mass is 9.99. The van der Waals surface area contributed by atoms with E-state index in [9.17, 15) is 0 Å². The van der Waals surface area contributed by atoms with Crippen LogP contribution in [0.15, 0.2) is 42.5 Å². The molecule has 1 atom stereocenters. The summed E-state index contributed by atoms with van der Waals surface area (Å²) in [4.78, 5) is 0. The van der Waals surface area contributed by atoms with Gasteiger partial charge in [0.25, 0.3) is 0 Å². The molecule has 0 aliphatic heterocycles. The predicted octanol–water partition coefficient (Wildman–Crippen LogP) is 4.21. The van der Waals surface area contributed by atoms with Crippen molar-refractivity contribution in [2.75, 3.05) is 13.7 Å². The third-order valence-corrected chi connectivity index (χ3v) is 3.91. The zero-order valence-electron chi connectivity index (χ0n) is 13.4. The minimum Gasteiger partial charge on any atom is -0.492 e. The van der Waals surface area contributed by atoms with Gasteiger partial charge in [-0.2, -0.15) is 0 Å². The van der Waals surface area contributed by atoms with Crippen molar-refractivity contribution < 1.29 is 4.74 Å². The molecule has 0 saturated heterocycles. The number of ether oxygens (including phenoxy) is 1. The second-order valence-corrected chi connectivity index (χ2v) is 5.51. The van der Waals surface area contributed by atoms with Crippen molar-refractivity contribution in [3.63, 3.8) is 0 Å². The van der Waals surface area contributed by atoms with E-state index in [1.807, 2.05) is 7.05 Å². The molecule has 0 amide bonds. The number of rotatable bonds is 6. The van der Waals surface area contributed by atoms with Crippen molar-refractivity contribution in [1.29, 1.82) is 0 Å². The smallest absolute Gasteiger partial charge is 0.119 e. The van der Waals surface area contributed by atoms with Crippen molar-refractivity contribution in [1.82, 2.24) is 5.32 Å². The van der Waals surface area contributed by atoms with Crippen LogP contribution in [0, 0.1) is 13.8 Å². The summed E-state index contributed by atoms with van der Waals surface area (Å²) in [6, 6.07) is 15.1. The summed E-state index contributed by atoms with van der Waals surface area (Å²) < 4.78 is 5.95. The van der Waals surface area contributed by atoms with Gasteiger partial charge in [0.15, 0.2) is 0 Å². The molecule has 0 fully saturated rings. The maximum atomic E-state index is 5.95. The highest BCUT2D eigenvalue weighted by Gasteiger charge is 2.13. The van der Waals surface area contributed by atoms with Crippen molar-refractivity contribution >= 4 is 0 Å². The maximum absolute atomic E-state index is 5.95. The van der Waals surface area contributed by atoms with Crippen LogP contribution in [0.5, 0.6) is 5.75 Å². The van der Waals surface area contributed by atoms with Gasteiger partial charge in [0.05, 0.1) is 6.04 Å². The van der Waals surface area contributed by atoms with E-state index in [-0.39, 0.29) is 6.04 Å². The number of nitrogens with one attached hydrogen (secondary N) is 1. The first kappa shape index (κ1) is 15.6. The summed E-state index contributed by atoms with van der Waals surface area (Å²) in [5, 5.41) is 3.35. The molecule has 2 aromatic carbocycles. The van der Waals surface area contributed by atoms with Gasteiger partial charge in [-0.15, -0.1) is 0 Å². The van der Waals surface area contributed by atoms with Crippen LogP contribution in [0.25, 0.3) is 0 Å². The van der Waals surface area contributed by atoms with Crippen LogP contribution >= 0.6 is 0 Å². The molecule has 0 bridgehead atoms. The Hall–Kier alpha value is -1.80. The molecule has 1 unspecified atom stereocenters. The summed E-state index contributed by atoms with van der Waals surface area (Å²) in [5.74, 6) is 0.928. The average Bonchev–Trinajstić information content (AvgIpc) is 2.51. The fourth-order valence-corrected chi connectivity index (χ4v) is 2.46. The van der Waals surface area contributed by atoms with E-state index in [0.29, 0.717) is 6.61 Å². The molecule has 0 aliphatic rings. The Balaban J connectivity index is 2.06. The zero-order chi connectivity index (χ0) is 15.2. The summed E-state index contributed by atoms with van der Waals surface area (Å²) in [5.41, 5.74) is 5.22. The molecule has 0 spiro atoms. The Morgan fingerprint density at radius 2 is 1.76 bits per heavy atom. The molecule has 2 heteroatoms. The lowest BCUT2D eigenvalue weighted by Crippen LogP contribution is -2.24. The highest BCUT2D eigenvalue weighted by molar-refractivity contribution is 5.33. The second kappa shape index (κ2) is 7.28. The molecular formula is C19H25NO. The quantitative estimate of drug-likeness (QED) is 0.857. The van der Waals surface area contributed by atoms with Crippen LogP contribution in [-0.4, -0.2) is 13.7 Å². The van der Waals surface area contributed by atoms with E-state index < -0.39 is 0 Å². The minimum atomic E-state index is 0.204. The summed E-state index contributed by atoms with van der Waals surface area (Å²) in [7, 11) is 1.98. The van der Waals surface area contributed by atoms with E-state index in [1.165, 1.54) is 22.3 Å². The van der Waals surface area contributed by atoms with Gasteiger partial charge in [-0.25, -0.2) is 0 Å². The Morgan fingerprint density at radius 1 is 1.05 bits per heavy atom. The monoisotopic (exact) mass is 283 g/mol. The molecule has 0 aliphatic carbocycles. The first-order valence-electron chi connectivity index (χ1n) is 7.60. The molecule has 0 saturated carbocycles. The first-order chi connectivity index (χ1) is 10.1. The number of benzene rings is 2. The van der Waals surface area contributed by atoms with Crippen molar-refractivity contribution in [3.05, 3.63) is 64.7 Å². The van der Waals surface area contributed by atoms with Gasteiger partial charge in [0.1, 0.15) is 12.4 Å². The van der Waals surface area contributed by atoms with Crippen LogP contribution in [0.3, 0.4) is 0 Å². The topological polar surface area (TPSA) is 21.3 Å². The van der Waals surface area contributed by atoms with Gasteiger partial charge in [-0.3, -0.25) is 0 Å². The van der Waals surface area contributed by atoms with Gasteiger partial charge in [-0.1, -0.05) is 42.8 Å². The molecule has 21 heavy (non-hydrogen) atoms. The molecular weight excluding hydrogens is 258 g/mol. The van der Waals surface area contributed by atoms with Gasteiger partial charge in [0, 0.05) is 0 Å².